The molecule has 5 nitrogen and oxygen atoms in total. The van der Waals surface area contributed by atoms with E-state index in [1.54, 1.807) is 12.4 Å². The highest BCUT2D eigenvalue weighted by atomic mass is 16.3. The van der Waals surface area contributed by atoms with E-state index in [4.69, 9.17) is 0 Å². The van der Waals surface area contributed by atoms with Crippen LogP contribution in [0.4, 0.5) is 5.69 Å². The first-order valence-electron chi connectivity index (χ1n) is 12.3. The van der Waals surface area contributed by atoms with Gasteiger partial charge in [-0.1, -0.05) is 67.4 Å². The fourth-order valence-corrected chi connectivity index (χ4v) is 5.34. The molecule has 182 valence electrons. The molecule has 2 heterocycles. The fraction of sp³-hybridized carbons (Fsp3) is 0.258. The zero-order valence-electron chi connectivity index (χ0n) is 21.2. The van der Waals surface area contributed by atoms with Gasteiger partial charge in [0.15, 0.2) is 5.78 Å². The van der Waals surface area contributed by atoms with Gasteiger partial charge in [-0.2, -0.15) is 0 Å². The van der Waals surface area contributed by atoms with Crippen LogP contribution in [0.2, 0.25) is 0 Å². The van der Waals surface area contributed by atoms with E-state index >= 15 is 0 Å². The average molecular weight is 478 g/mol. The monoisotopic (exact) mass is 477 g/mol. The SMILES string of the molecule is Cc1ccc(/C(O)=C2\C(=N)N(c3ccc(C)cc3)C3=C(C(=O)CC(C)(C)C3)C2c2cccnc2)cc1. The Labute approximate surface area is 212 Å². The summed E-state index contributed by atoms with van der Waals surface area (Å²) >= 11 is 0. The summed E-state index contributed by atoms with van der Waals surface area (Å²) in [4.78, 5) is 20.0. The second kappa shape index (κ2) is 8.90. The normalized spacial score (nSPS) is 20.9. The molecule has 0 fully saturated rings. The van der Waals surface area contributed by atoms with Crippen LogP contribution in [0.15, 0.2) is 89.9 Å². The second-order valence-corrected chi connectivity index (χ2v) is 10.7. The highest BCUT2D eigenvalue weighted by Crippen LogP contribution is 2.51. The first-order chi connectivity index (χ1) is 17.2. The summed E-state index contributed by atoms with van der Waals surface area (Å²) < 4.78 is 0. The Morgan fingerprint density at radius 3 is 2.25 bits per heavy atom. The molecule has 1 unspecified atom stereocenters. The molecule has 2 aromatic carbocycles. The fourth-order valence-electron chi connectivity index (χ4n) is 5.34. The van der Waals surface area contributed by atoms with Gasteiger partial charge in [0.05, 0.1) is 0 Å². The summed E-state index contributed by atoms with van der Waals surface area (Å²) in [7, 11) is 0. The van der Waals surface area contributed by atoms with E-state index < -0.39 is 5.92 Å². The zero-order chi connectivity index (χ0) is 25.6. The average Bonchev–Trinajstić information content (AvgIpc) is 2.84. The van der Waals surface area contributed by atoms with Gasteiger partial charge in [-0.15, -0.1) is 0 Å². The first kappa shape index (κ1) is 23.7. The molecule has 0 saturated heterocycles. The predicted molar refractivity (Wildman–Crippen MR) is 144 cm³/mol. The Kier molecular flexibility index (Phi) is 5.87. The maximum absolute atomic E-state index is 13.8. The summed E-state index contributed by atoms with van der Waals surface area (Å²) in [6.45, 7) is 8.21. The number of pyridine rings is 1. The lowest BCUT2D eigenvalue weighted by atomic mass is 9.67. The minimum Gasteiger partial charge on any atom is -0.507 e. The number of aryl methyl sites for hydroxylation is 2. The Bertz CT molecular complexity index is 1400. The van der Waals surface area contributed by atoms with Crippen LogP contribution in [0, 0.1) is 24.7 Å². The lowest BCUT2D eigenvalue weighted by Gasteiger charge is -2.45. The lowest BCUT2D eigenvalue weighted by molar-refractivity contribution is -0.118. The number of allylic oxidation sites excluding steroid dienone is 2. The van der Waals surface area contributed by atoms with Crippen molar-refractivity contribution in [2.45, 2.75) is 46.5 Å². The third-order valence-electron chi connectivity index (χ3n) is 7.11. The van der Waals surface area contributed by atoms with Crippen molar-refractivity contribution in [1.82, 2.24) is 4.98 Å². The number of carbonyl (C=O) groups excluding carboxylic acids is 1. The molecular weight excluding hydrogens is 446 g/mol. The molecule has 3 aromatic rings. The molecule has 2 aliphatic rings. The summed E-state index contributed by atoms with van der Waals surface area (Å²) in [5.41, 5.74) is 6.07. The van der Waals surface area contributed by atoms with E-state index in [0.717, 1.165) is 28.1 Å². The number of carbonyl (C=O) groups is 1. The van der Waals surface area contributed by atoms with Gasteiger partial charge in [-0.05, 0) is 49.4 Å². The molecule has 0 amide bonds. The highest BCUT2D eigenvalue weighted by molar-refractivity contribution is 6.19. The summed E-state index contributed by atoms with van der Waals surface area (Å²) in [5, 5.41) is 21.1. The molecule has 0 bridgehead atoms. The highest BCUT2D eigenvalue weighted by Gasteiger charge is 2.46. The summed E-state index contributed by atoms with van der Waals surface area (Å²) in [6.07, 6.45) is 4.50. The minimum atomic E-state index is -0.576. The number of aliphatic hydroxyl groups excluding tert-OH is 1. The maximum atomic E-state index is 13.8. The molecule has 2 N–H and O–H groups in total. The molecule has 1 aliphatic heterocycles. The smallest absolute Gasteiger partial charge is 0.162 e. The Morgan fingerprint density at radius 2 is 1.64 bits per heavy atom. The molecule has 0 spiro atoms. The van der Waals surface area contributed by atoms with Crippen molar-refractivity contribution in [3.8, 4) is 0 Å². The number of nitrogens with one attached hydrogen (secondary N) is 1. The molecule has 0 radical (unpaired) electrons. The van der Waals surface area contributed by atoms with E-state index in [-0.39, 0.29) is 22.8 Å². The van der Waals surface area contributed by atoms with Crippen molar-refractivity contribution < 1.29 is 9.90 Å². The van der Waals surface area contributed by atoms with E-state index in [2.05, 4.69) is 18.8 Å². The maximum Gasteiger partial charge on any atom is 0.162 e. The van der Waals surface area contributed by atoms with E-state index in [9.17, 15) is 15.3 Å². The predicted octanol–water partition coefficient (Wildman–Crippen LogP) is 6.89. The van der Waals surface area contributed by atoms with Crippen LogP contribution in [0.1, 0.15) is 54.9 Å². The molecule has 1 aromatic heterocycles. The third kappa shape index (κ3) is 4.15. The molecule has 5 heteroatoms. The Hall–Kier alpha value is -3.99. The quantitative estimate of drug-likeness (QED) is 0.403. The number of aliphatic hydroxyl groups is 1. The van der Waals surface area contributed by atoms with Gasteiger partial charge in [-0.25, -0.2) is 0 Å². The number of nitrogens with zero attached hydrogens (tertiary/aromatic N) is 2. The molecule has 1 atom stereocenters. The van der Waals surface area contributed by atoms with Gasteiger partial charge < -0.3 is 5.11 Å². The van der Waals surface area contributed by atoms with Crippen LogP contribution in [-0.2, 0) is 4.79 Å². The van der Waals surface area contributed by atoms with Crippen molar-refractivity contribution in [2.24, 2.45) is 5.41 Å². The lowest BCUT2D eigenvalue weighted by Crippen LogP contribution is -2.45. The van der Waals surface area contributed by atoms with Gasteiger partial charge >= 0.3 is 0 Å². The number of amidine groups is 1. The number of Topliss-reactive ketones (excluding diaryl/α,β-unsaturated/α-hetero) is 1. The number of benzene rings is 2. The Balaban J connectivity index is 1.84. The summed E-state index contributed by atoms with van der Waals surface area (Å²) in [5.74, 6) is -0.341. The molecule has 36 heavy (non-hydrogen) atoms. The van der Waals surface area contributed by atoms with Crippen molar-refractivity contribution in [3.05, 3.63) is 112 Å². The van der Waals surface area contributed by atoms with Gasteiger partial charge in [0.25, 0.3) is 0 Å². The number of rotatable bonds is 3. The van der Waals surface area contributed by atoms with E-state index in [1.165, 1.54) is 0 Å². The van der Waals surface area contributed by atoms with Crippen molar-refractivity contribution in [3.63, 3.8) is 0 Å². The molecule has 1 aliphatic carbocycles. The number of hydrogen-bond acceptors (Lipinski definition) is 4. The number of anilines is 1. The minimum absolute atomic E-state index is 0.00940. The number of hydrogen-bond donors (Lipinski definition) is 2. The van der Waals surface area contributed by atoms with Crippen LogP contribution in [0.25, 0.3) is 5.76 Å². The van der Waals surface area contributed by atoms with Crippen LogP contribution >= 0.6 is 0 Å². The van der Waals surface area contributed by atoms with Crippen molar-refractivity contribution in [2.75, 3.05) is 4.90 Å². The summed E-state index contributed by atoms with van der Waals surface area (Å²) in [6, 6.07) is 19.3. The number of aromatic nitrogens is 1. The number of ketones is 1. The van der Waals surface area contributed by atoms with Gasteiger partial charge in [0.2, 0.25) is 0 Å². The van der Waals surface area contributed by atoms with Gasteiger partial charge in [-0.3, -0.25) is 20.1 Å². The largest absolute Gasteiger partial charge is 0.507 e. The van der Waals surface area contributed by atoms with E-state index in [1.807, 2.05) is 79.4 Å². The Morgan fingerprint density at radius 1 is 1.00 bits per heavy atom. The third-order valence-corrected chi connectivity index (χ3v) is 7.11. The van der Waals surface area contributed by atoms with Crippen molar-refractivity contribution >= 4 is 23.1 Å². The molecular formula is C31H31N3O2. The van der Waals surface area contributed by atoms with Crippen LogP contribution in [0.5, 0.6) is 0 Å². The van der Waals surface area contributed by atoms with Crippen LogP contribution in [0.3, 0.4) is 0 Å². The standard InChI is InChI=1S/C31H31N3O2/c1-19-7-11-21(12-8-19)29(36)28-26(22-6-5-15-33-18-22)27-24(16-31(3,4)17-25(27)35)34(30(28)32)23-13-9-20(2)10-14-23/h5-15,18,26,32,36H,16-17H2,1-4H3/b29-28+,32-30?. The van der Waals surface area contributed by atoms with Crippen LogP contribution < -0.4 is 4.90 Å². The zero-order valence-corrected chi connectivity index (χ0v) is 21.2. The van der Waals surface area contributed by atoms with Crippen LogP contribution in [-0.4, -0.2) is 21.7 Å². The second-order valence-electron chi connectivity index (χ2n) is 10.7. The topological polar surface area (TPSA) is 77.3 Å². The van der Waals surface area contributed by atoms with Crippen molar-refractivity contribution in [1.29, 1.82) is 5.41 Å². The molecule has 0 saturated carbocycles. The van der Waals surface area contributed by atoms with Gasteiger partial charge in [0.1, 0.15) is 11.6 Å². The first-order valence-corrected chi connectivity index (χ1v) is 12.3. The van der Waals surface area contributed by atoms with E-state index in [0.29, 0.717) is 29.6 Å². The van der Waals surface area contributed by atoms with Gasteiger partial charge in [0, 0.05) is 52.8 Å². The molecule has 5 rings (SSSR count).